The molecule has 1 N–H and O–H groups in total. The van der Waals surface area contributed by atoms with Crippen molar-refractivity contribution in [2.45, 2.75) is 12.7 Å². The molecule has 0 saturated carbocycles. The number of anilines is 1. The fraction of sp³-hybridized carbons (Fsp3) is 0.125. The second kappa shape index (κ2) is 6.72. The first-order valence-corrected chi connectivity index (χ1v) is 7.93. The van der Waals surface area contributed by atoms with E-state index in [1.165, 1.54) is 27.8 Å². The molecular formula is C16H11F3N8O. The number of alkyl halides is 3. The number of fused-ring (bicyclic) bond motifs is 1. The van der Waals surface area contributed by atoms with E-state index in [4.69, 9.17) is 0 Å². The van der Waals surface area contributed by atoms with Crippen LogP contribution in [0.3, 0.4) is 0 Å². The summed E-state index contributed by atoms with van der Waals surface area (Å²) < 4.78 is 41.4. The molecule has 1 aromatic carbocycles. The predicted octanol–water partition coefficient (Wildman–Crippen LogP) is 2.04. The summed E-state index contributed by atoms with van der Waals surface area (Å²) >= 11 is 0. The molecule has 3 heterocycles. The number of halogens is 3. The minimum absolute atomic E-state index is 0.0549. The van der Waals surface area contributed by atoms with Crippen LogP contribution in [0.15, 0.2) is 48.9 Å². The van der Waals surface area contributed by atoms with Gasteiger partial charge in [-0.05, 0) is 40.3 Å². The third-order valence-corrected chi connectivity index (χ3v) is 3.80. The molecule has 0 aliphatic rings. The Morgan fingerprint density at radius 1 is 1.14 bits per heavy atom. The van der Waals surface area contributed by atoms with Gasteiger partial charge in [0.1, 0.15) is 12.9 Å². The fourth-order valence-corrected chi connectivity index (χ4v) is 2.55. The smallest absolute Gasteiger partial charge is 0.292 e. The fourth-order valence-electron chi connectivity index (χ4n) is 2.55. The van der Waals surface area contributed by atoms with Crippen molar-refractivity contribution in [1.29, 1.82) is 0 Å². The van der Waals surface area contributed by atoms with Gasteiger partial charge in [-0.2, -0.15) is 18.2 Å². The van der Waals surface area contributed by atoms with Gasteiger partial charge in [-0.15, -0.1) is 10.2 Å². The quantitative estimate of drug-likeness (QED) is 0.574. The van der Waals surface area contributed by atoms with E-state index in [9.17, 15) is 18.0 Å². The van der Waals surface area contributed by atoms with Gasteiger partial charge in [0.05, 0.1) is 5.56 Å². The molecule has 4 aromatic rings. The van der Waals surface area contributed by atoms with Crippen LogP contribution in [0.5, 0.6) is 0 Å². The largest absolute Gasteiger partial charge is 0.416 e. The highest BCUT2D eigenvalue weighted by molar-refractivity contribution is 5.88. The summed E-state index contributed by atoms with van der Waals surface area (Å²) in [5, 5.41) is 17.1. The zero-order valence-electron chi connectivity index (χ0n) is 14.0. The van der Waals surface area contributed by atoms with Crippen LogP contribution >= 0.6 is 0 Å². The Morgan fingerprint density at radius 3 is 2.75 bits per heavy atom. The zero-order valence-corrected chi connectivity index (χ0v) is 14.0. The summed E-state index contributed by atoms with van der Waals surface area (Å²) in [4.78, 5) is 16.1. The minimum Gasteiger partial charge on any atom is -0.292 e. The highest BCUT2D eigenvalue weighted by Gasteiger charge is 2.30. The maximum atomic E-state index is 12.9. The number of aromatic nitrogens is 7. The lowest BCUT2D eigenvalue weighted by Crippen LogP contribution is -2.19. The van der Waals surface area contributed by atoms with Gasteiger partial charge >= 0.3 is 6.18 Å². The average Bonchev–Trinajstić information content (AvgIpc) is 3.29. The number of carbonyl (C=O) groups excluding carboxylic acids is 1. The minimum atomic E-state index is -4.43. The Kier molecular flexibility index (Phi) is 4.22. The van der Waals surface area contributed by atoms with Crippen molar-refractivity contribution in [3.05, 3.63) is 54.5 Å². The van der Waals surface area contributed by atoms with Crippen LogP contribution in [-0.2, 0) is 17.5 Å². The third-order valence-electron chi connectivity index (χ3n) is 3.80. The van der Waals surface area contributed by atoms with Gasteiger partial charge in [-0.3, -0.25) is 10.1 Å². The second-order valence-electron chi connectivity index (χ2n) is 5.79. The molecule has 142 valence electrons. The summed E-state index contributed by atoms with van der Waals surface area (Å²) in [7, 11) is 0. The Morgan fingerprint density at radius 2 is 2.00 bits per heavy atom. The molecule has 0 atom stereocenters. The molecule has 0 aliphatic carbocycles. The summed E-state index contributed by atoms with van der Waals surface area (Å²) in [6.07, 6.45) is -1.60. The van der Waals surface area contributed by atoms with E-state index >= 15 is 0 Å². The lowest BCUT2D eigenvalue weighted by molar-refractivity contribution is -0.137. The van der Waals surface area contributed by atoms with Crippen LogP contribution in [0, 0.1) is 0 Å². The molecule has 4 rings (SSSR count). The first kappa shape index (κ1) is 17.6. The molecule has 0 radical (unpaired) electrons. The molecule has 0 unspecified atom stereocenters. The summed E-state index contributed by atoms with van der Waals surface area (Å²) in [5.74, 6) is -0.374. The molecule has 0 aliphatic heterocycles. The molecule has 0 spiro atoms. The first-order chi connectivity index (χ1) is 13.4. The van der Waals surface area contributed by atoms with Crippen LogP contribution in [0.2, 0.25) is 0 Å². The highest BCUT2D eigenvalue weighted by Crippen LogP contribution is 2.32. The summed E-state index contributed by atoms with van der Waals surface area (Å²) in [6, 6.07) is 8.21. The maximum absolute atomic E-state index is 12.9. The molecule has 0 saturated heterocycles. The lowest BCUT2D eigenvalue weighted by Gasteiger charge is -2.08. The van der Waals surface area contributed by atoms with E-state index in [0.717, 1.165) is 12.1 Å². The van der Waals surface area contributed by atoms with E-state index in [-0.39, 0.29) is 12.5 Å². The Labute approximate surface area is 154 Å². The molecule has 0 bridgehead atoms. The SMILES string of the molecule is O=C(Cn1cnnn1)Nc1nc2ccc(-c3cccc(C(F)(F)F)c3)cn2n1. The van der Waals surface area contributed by atoms with Crippen molar-refractivity contribution in [2.75, 3.05) is 5.32 Å². The van der Waals surface area contributed by atoms with Gasteiger partial charge in [-0.25, -0.2) is 9.20 Å². The number of nitrogens with zero attached hydrogens (tertiary/aromatic N) is 7. The third kappa shape index (κ3) is 3.65. The van der Waals surface area contributed by atoms with Crippen molar-refractivity contribution < 1.29 is 18.0 Å². The van der Waals surface area contributed by atoms with Crippen LogP contribution in [0.4, 0.5) is 19.1 Å². The van der Waals surface area contributed by atoms with E-state index in [1.54, 1.807) is 18.2 Å². The molecule has 28 heavy (non-hydrogen) atoms. The zero-order chi connectivity index (χ0) is 19.7. The number of nitrogens with one attached hydrogen (secondary N) is 1. The number of rotatable bonds is 4. The van der Waals surface area contributed by atoms with Gasteiger partial charge in [-0.1, -0.05) is 12.1 Å². The van der Waals surface area contributed by atoms with E-state index in [0.29, 0.717) is 16.8 Å². The summed E-state index contributed by atoms with van der Waals surface area (Å²) in [5.41, 5.74) is 0.597. The predicted molar refractivity (Wildman–Crippen MR) is 89.9 cm³/mol. The van der Waals surface area contributed by atoms with Crippen molar-refractivity contribution in [3.63, 3.8) is 0 Å². The maximum Gasteiger partial charge on any atom is 0.416 e. The van der Waals surface area contributed by atoms with Gasteiger partial charge < -0.3 is 0 Å². The number of pyridine rings is 1. The monoisotopic (exact) mass is 388 g/mol. The molecule has 1 amide bonds. The standard InChI is InChI=1S/C16H11F3N8O/c17-16(18,19)12-3-1-2-10(6-12)11-4-5-13-21-15(23-27(13)7-11)22-14(28)8-26-9-20-24-25-26/h1-7,9H,8H2,(H,22,23,28). The Hall–Kier alpha value is -3.83. The van der Waals surface area contributed by atoms with E-state index in [1.807, 2.05) is 0 Å². The van der Waals surface area contributed by atoms with Gasteiger partial charge in [0.25, 0.3) is 0 Å². The van der Waals surface area contributed by atoms with Crippen molar-refractivity contribution >= 4 is 17.5 Å². The van der Waals surface area contributed by atoms with Crippen molar-refractivity contribution in [3.8, 4) is 11.1 Å². The number of carbonyl (C=O) groups is 1. The van der Waals surface area contributed by atoms with E-state index < -0.39 is 17.6 Å². The first-order valence-electron chi connectivity index (χ1n) is 7.93. The van der Waals surface area contributed by atoms with E-state index in [2.05, 4.69) is 30.9 Å². The van der Waals surface area contributed by atoms with Crippen molar-refractivity contribution in [1.82, 2.24) is 34.8 Å². The number of hydrogen-bond acceptors (Lipinski definition) is 6. The average molecular weight is 388 g/mol. The number of benzene rings is 1. The van der Waals surface area contributed by atoms with Crippen LogP contribution in [0.25, 0.3) is 16.8 Å². The topological polar surface area (TPSA) is 103 Å². The Balaban J connectivity index is 1.57. The lowest BCUT2D eigenvalue weighted by atomic mass is 10.0. The Bertz CT molecular complexity index is 1140. The highest BCUT2D eigenvalue weighted by atomic mass is 19.4. The second-order valence-corrected chi connectivity index (χ2v) is 5.79. The summed E-state index contributed by atoms with van der Waals surface area (Å²) in [6.45, 7) is -0.113. The van der Waals surface area contributed by atoms with Crippen LogP contribution in [0.1, 0.15) is 5.56 Å². The number of amides is 1. The van der Waals surface area contributed by atoms with Crippen LogP contribution < -0.4 is 5.32 Å². The van der Waals surface area contributed by atoms with Crippen LogP contribution in [-0.4, -0.2) is 40.7 Å². The molecule has 12 heteroatoms. The molecule has 0 fully saturated rings. The normalized spacial score (nSPS) is 11.7. The number of hydrogen-bond donors (Lipinski definition) is 1. The van der Waals surface area contributed by atoms with Gasteiger partial charge in [0.2, 0.25) is 11.9 Å². The van der Waals surface area contributed by atoms with Gasteiger partial charge in [0, 0.05) is 11.8 Å². The van der Waals surface area contributed by atoms with Crippen molar-refractivity contribution in [2.24, 2.45) is 0 Å². The van der Waals surface area contributed by atoms with Gasteiger partial charge in [0.15, 0.2) is 5.65 Å². The molecular weight excluding hydrogens is 377 g/mol. The molecule has 9 nitrogen and oxygen atoms in total. The number of tetrazole rings is 1. The molecule has 3 aromatic heterocycles.